The van der Waals surface area contributed by atoms with Crippen molar-refractivity contribution in [1.29, 1.82) is 0 Å². The normalized spacial score (nSPS) is 18.9. The van der Waals surface area contributed by atoms with Crippen LogP contribution < -0.4 is 0 Å². The smallest absolute Gasteiger partial charge is 0.306 e. The van der Waals surface area contributed by atoms with Crippen molar-refractivity contribution in [2.24, 2.45) is 0 Å². The van der Waals surface area contributed by atoms with Gasteiger partial charge in [0.2, 0.25) is 0 Å². The molecule has 0 bridgehead atoms. The van der Waals surface area contributed by atoms with Crippen LogP contribution in [-0.2, 0) is 9.53 Å². The zero-order chi connectivity index (χ0) is 14.8. The lowest BCUT2D eigenvalue weighted by Crippen LogP contribution is -2.46. The summed E-state index contributed by atoms with van der Waals surface area (Å²) in [7, 11) is 0. The Morgan fingerprint density at radius 3 is 2.90 bits per heavy atom. The number of fused-ring (bicyclic) bond motifs is 1. The molecule has 1 aromatic carbocycles. The SMILES string of the molecule is O=C(O)CC1CN(C(=O)c2cc3ccccc3o2)CCO1. The Labute approximate surface area is 120 Å². The van der Waals surface area contributed by atoms with E-state index >= 15 is 0 Å². The molecule has 1 N–H and O–H groups in total. The molecule has 0 aliphatic carbocycles. The number of carbonyl (C=O) groups is 2. The first kappa shape index (κ1) is 13.6. The van der Waals surface area contributed by atoms with E-state index in [0.29, 0.717) is 18.7 Å². The zero-order valence-corrected chi connectivity index (χ0v) is 11.3. The first-order valence-corrected chi connectivity index (χ1v) is 6.75. The average Bonchev–Trinajstić information content (AvgIpc) is 2.90. The second-order valence-electron chi connectivity index (χ2n) is 4.99. The minimum absolute atomic E-state index is 0.107. The van der Waals surface area contributed by atoms with Crippen LogP contribution in [0, 0.1) is 0 Å². The highest BCUT2D eigenvalue weighted by atomic mass is 16.5. The molecule has 0 saturated carbocycles. The summed E-state index contributed by atoms with van der Waals surface area (Å²) in [5.41, 5.74) is 0.663. The van der Waals surface area contributed by atoms with Crippen LogP contribution >= 0.6 is 0 Å². The summed E-state index contributed by atoms with van der Waals surface area (Å²) < 4.78 is 10.9. The Balaban J connectivity index is 1.76. The van der Waals surface area contributed by atoms with Crippen molar-refractivity contribution < 1.29 is 23.8 Å². The van der Waals surface area contributed by atoms with E-state index in [1.807, 2.05) is 18.2 Å². The molecule has 1 aromatic heterocycles. The third-order valence-corrected chi connectivity index (χ3v) is 3.46. The predicted octanol–water partition coefficient (Wildman–Crippen LogP) is 1.75. The molecule has 0 radical (unpaired) electrons. The molecule has 1 aliphatic rings. The third-order valence-electron chi connectivity index (χ3n) is 3.46. The van der Waals surface area contributed by atoms with Crippen LogP contribution in [0.3, 0.4) is 0 Å². The first-order chi connectivity index (χ1) is 10.1. The van der Waals surface area contributed by atoms with Gasteiger partial charge in [0.25, 0.3) is 5.91 Å². The van der Waals surface area contributed by atoms with Gasteiger partial charge in [-0.1, -0.05) is 18.2 Å². The van der Waals surface area contributed by atoms with Gasteiger partial charge in [0, 0.05) is 18.5 Å². The van der Waals surface area contributed by atoms with Crippen molar-refractivity contribution in [2.45, 2.75) is 12.5 Å². The van der Waals surface area contributed by atoms with Crippen molar-refractivity contribution >= 4 is 22.8 Å². The van der Waals surface area contributed by atoms with E-state index in [2.05, 4.69) is 0 Å². The first-order valence-electron chi connectivity index (χ1n) is 6.75. The molecule has 1 saturated heterocycles. The largest absolute Gasteiger partial charge is 0.481 e. The van der Waals surface area contributed by atoms with Crippen LogP contribution in [0.25, 0.3) is 11.0 Å². The molecule has 2 aromatic rings. The second kappa shape index (κ2) is 5.57. The molecule has 0 spiro atoms. The molecule has 1 fully saturated rings. The summed E-state index contributed by atoms with van der Waals surface area (Å²) in [5.74, 6) is -0.893. The van der Waals surface area contributed by atoms with E-state index in [1.54, 1.807) is 17.0 Å². The molecule has 2 heterocycles. The Hall–Kier alpha value is -2.34. The lowest BCUT2D eigenvalue weighted by Gasteiger charge is -2.31. The minimum Gasteiger partial charge on any atom is -0.481 e. The quantitative estimate of drug-likeness (QED) is 0.931. The Morgan fingerprint density at radius 1 is 1.33 bits per heavy atom. The van der Waals surface area contributed by atoms with Gasteiger partial charge in [0.15, 0.2) is 5.76 Å². The van der Waals surface area contributed by atoms with Crippen LogP contribution in [0.15, 0.2) is 34.7 Å². The number of hydrogen-bond acceptors (Lipinski definition) is 4. The van der Waals surface area contributed by atoms with Crippen molar-refractivity contribution in [3.05, 3.63) is 36.1 Å². The number of aliphatic carboxylic acids is 1. The van der Waals surface area contributed by atoms with E-state index in [-0.39, 0.29) is 24.6 Å². The molecular formula is C15H15NO5. The molecule has 21 heavy (non-hydrogen) atoms. The van der Waals surface area contributed by atoms with Gasteiger partial charge in [-0.15, -0.1) is 0 Å². The molecular weight excluding hydrogens is 274 g/mol. The lowest BCUT2D eigenvalue weighted by atomic mass is 10.2. The van der Waals surface area contributed by atoms with Gasteiger partial charge < -0.3 is 19.2 Å². The number of hydrogen-bond donors (Lipinski definition) is 1. The number of morpholine rings is 1. The number of para-hydroxylation sites is 1. The number of rotatable bonds is 3. The highest BCUT2D eigenvalue weighted by molar-refractivity contribution is 5.96. The van der Waals surface area contributed by atoms with E-state index in [9.17, 15) is 9.59 Å². The fraction of sp³-hybridized carbons (Fsp3) is 0.333. The summed E-state index contributed by atoms with van der Waals surface area (Å²) in [4.78, 5) is 24.7. The number of benzene rings is 1. The number of carbonyl (C=O) groups excluding carboxylic acids is 1. The number of ether oxygens (including phenoxy) is 1. The Morgan fingerprint density at radius 2 is 2.14 bits per heavy atom. The fourth-order valence-electron chi connectivity index (χ4n) is 2.47. The third kappa shape index (κ3) is 2.90. The number of carboxylic acids is 1. The molecule has 1 amide bonds. The molecule has 6 nitrogen and oxygen atoms in total. The second-order valence-corrected chi connectivity index (χ2v) is 4.99. The van der Waals surface area contributed by atoms with E-state index < -0.39 is 12.1 Å². The minimum atomic E-state index is -0.932. The number of furan rings is 1. The van der Waals surface area contributed by atoms with Crippen molar-refractivity contribution in [3.8, 4) is 0 Å². The van der Waals surface area contributed by atoms with E-state index in [4.69, 9.17) is 14.3 Å². The highest BCUT2D eigenvalue weighted by Gasteiger charge is 2.28. The molecule has 1 aliphatic heterocycles. The van der Waals surface area contributed by atoms with E-state index in [1.165, 1.54) is 0 Å². The maximum absolute atomic E-state index is 12.4. The monoisotopic (exact) mass is 289 g/mol. The summed E-state index contributed by atoms with van der Waals surface area (Å²) in [5, 5.41) is 9.67. The van der Waals surface area contributed by atoms with Crippen molar-refractivity contribution in [3.63, 3.8) is 0 Å². The van der Waals surface area contributed by atoms with Gasteiger partial charge >= 0.3 is 5.97 Å². The number of amides is 1. The van der Waals surface area contributed by atoms with Crippen LogP contribution in [0.1, 0.15) is 17.0 Å². The average molecular weight is 289 g/mol. The Bertz CT molecular complexity index is 645. The highest BCUT2D eigenvalue weighted by Crippen LogP contribution is 2.21. The summed E-state index contributed by atoms with van der Waals surface area (Å²) in [6.07, 6.45) is -0.575. The van der Waals surface area contributed by atoms with Gasteiger partial charge in [0.1, 0.15) is 5.58 Å². The van der Waals surface area contributed by atoms with Gasteiger partial charge in [-0.25, -0.2) is 0 Å². The lowest BCUT2D eigenvalue weighted by molar-refractivity contribution is -0.141. The van der Waals surface area contributed by atoms with Gasteiger partial charge in [-0.2, -0.15) is 0 Å². The maximum Gasteiger partial charge on any atom is 0.306 e. The number of nitrogens with zero attached hydrogens (tertiary/aromatic N) is 1. The molecule has 110 valence electrons. The van der Waals surface area contributed by atoms with Gasteiger partial charge in [0.05, 0.1) is 19.1 Å². The molecule has 1 atom stereocenters. The van der Waals surface area contributed by atoms with Crippen LogP contribution in [0.4, 0.5) is 0 Å². The standard InChI is InChI=1S/C15H15NO5/c17-14(18)8-11-9-16(5-6-20-11)15(19)13-7-10-3-1-2-4-12(10)21-13/h1-4,7,11H,5-6,8-9H2,(H,17,18). The topological polar surface area (TPSA) is 80.0 Å². The zero-order valence-electron chi connectivity index (χ0n) is 11.3. The summed E-state index contributed by atoms with van der Waals surface area (Å²) in [6, 6.07) is 9.11. The van der Waals surface area contributed by atoms with Crippen molar-refractivity contribution in [2.75, 3.05) is 19.7 Å². The summed E-state index contributed by atoms with van der Waals surface area (Å²) >= 11 is 0. The van der Waals surface area contributed by atoms with Crippen LogP contribution in [0.2, 0.25) is 0 Å². The maximum atomic E-state index is 12.4. The van der Waals surface area contributed by atoms with Gasteiger partial charge in [-0.05, 0) is 12.1 Å². The molecule has 6 heteroatoms. The van der Waals surface area contributed by atoms with E-state index in [0.717, 1.165) is 5.39 Å². The van der Waals surface area contributed by atoms with Crippen LogP contribution in [0.5, 0.6) is 0 Å². The van der Waals surface area contributed by atoms with Crippen molar-refractivity contribution in [1.82, 2.24) is 4.90 Å². The predicted molar refractivity (Wildman–Crippen MR) is 74.1 cm³/mol. The van der Waals surface area contributed by atoms with Crippen LogP contribution in [-0.4, -0.2) is 47.7 Å². The summed E-state index contributed by atoms with van der Waals surface area (Å²) in [6.45, 7) is 1.04. The molecule has 1 unspecified atom stereocenters. The number of carboxylic acid groups (broad SMARTS) is 1. The van der Waals surface area contributed by atoms with Gasteiger partial charge in [-0.3, -0.25) is 9.59 Å². The fourth-order valence-corrected chi connectivity index (χ4v) is 2.47. The molecule has 3 rings (SSSR count). The Kier molecular flexibility index (Phi) is 3.62.